The van der Waals surface area contributed by atoms with E-state index in [0.717, 1.165) is 31.0 Å². The van der Waals surface area contributed by atoms with Crippen molar-refractivity contribution >= 4 is 5.91 Å². The van der Waals surface area contributed by atoms with Gasteiger partial charge in [-0.05, 0) is 86.8 Å². The number of nitrogens with zero attached hydrogens (tertiary/aromatic N) is 1. The number of amides is 1. The largest absolute Gasteiger partial charge is 0.493 e. The van der Waals surface area contributed by atoms with Crippen molar-refractivity contribution in [2.45, 2.75) is 50.1 Å². The van der Waals surface area contributed by atoms with Crippen LogP contribution in [0.4, 0.5) is 17.6 Å². The molecule has 0 saturated heterocycles. The predicted octanol–water partition coefficient (Wildman–Crippen LogP) is 4.81. The molecule has 1 aliphatic carbocycles. The van der Waals surface area contributed by atoms with Crippen LogP contribution in [0.5, 0.6) is 11.5 Å². The molecule has 1 heterocycles. The van der Waals surface area contributed by atoms with Crippen LogP contribution in [-0.4, -0.2) is 41.9 Å². The van der Waals surface area contributed by atoms with E-state index in [4.69, 9.17) is 15.2 Å². The molecule has 0 unspecified atom stereocenters. The zero-order valence-electron chi connectivity index (χ0n) is 21.6. The molecule has 1 aliphatic rings. The Labute approximate surface area is 223 Å². The average molecular weight is 548 g/mol. The fourth-order valence-corrected chi connectivity index (χ4v) is 3.80. The first kappa shape index (κ1) is 28.3. The number of benzene rings is 2. The van der Waals surface area contributed by atoms with Crippen molar-refractivity contribution in [1.29, 1.82) is 0 Å². The number of carbonyl (C=O) groups excluding carboxylic acids is 1. The molecule has 39 heavy (non-hydrogen) atoms. The number of carbonyl (C=O) groups is 1. The number of hydrogen-bond donors (Lipinski definition) is 3. The maximum Gasteiger partial charge on any atom is 0.424 e. The van der Waals surface area contributed by atoms with Crippen molar-refractivity contribution in [2.24, 2.45) is 5.73 Å². The second kappa shape index (κ2) is 10.5. The maximum atomic E-state index is 14.4. The third-order valence-corrected chi connectivity index (χ3v) is 6.35. The van der Waals surface area contributed by atoms with Gasteiger partial charge in [-0.1, -0.05) is 0 Å². The Morgan fingerprint density at radius 2 is 1.74 bits per heavy atom. The van der Waals surface area contributed by atoms with E-state index in [9.17, 15) is 27.5 Å². The summed E-state index contributed by atoms with van der Waals surface area (Å²) in [6.07, 6.45) is -3.35. The number of aliphatic hydroxyl groups is 1. The molecule has 1 atom stereocenters. The minimum atomic E-state index is -5.23. The molecule has 4 rings (SSSR count). The zero-order valence-corrected chi connectivity index (χ0v) is 21.6. The Morgan fingerprint density at radius 3 is 2.31 bits per heavy atom. The van der Waals surface area contributed by atoms with Crippen LogP contribution in [-0.2, 0) is 11.1 Å². The number of aromatic nitrogens is 1. The molecule has 2 aromatic carbocycles. The standard InChI is InChI=1S/C28H29F4N3O4/c1-26(2,33)18-13-21(16-4-7-19(29)8-5-16)35-24(14-18)27(37,28(30,31)32)15-34-25(36)17-6-11-22(23(12-17)38-3)39-20-9-10-20/h4-8,11-14,20,37H,9-10,15,33H2,1-3H3,(H,34,36)/t27-/m1/s1. The monoisotopic (exact) mass is 547 g/mol. The molecule has 1 aromatic heterocycles. The number of pyridine rings is 1. The van der Waals surface area contributed by atoms with Gasteiger partial charge in [0.05, 0.1) is 31.1 Å². The quantitative estimate of drug-likeness (QED) is 0.332. The third kappa shape index (κ3) is 6.31. The van der Waals surface area contributed by atoms with Crippen LogP contribution in [0, 0.1) is 5.82 Å². The minimum Gasteiger partial charge on any atom is -0.493 e. The number of nitrogens with two attached hydrogens (primary N) is 1. The van der Waals surface area contributed by atoms with Gasteiger partial charge in [-0.3, -0.25) is 4.79 Å². The Kier molecular flexibility index (Phi) is 7.59. The van der Waals surface area contributed by atoms with Crippen molar-refractivity contribution in [3.05, 3.63) is 77.2 Å². The number of nitrogens with one attached hydrogen (secondary N) is 1. The van der Waals surface area contributed by atoms with E-state index in [2.05, 4.69) is 10.3 Å². The Bertz CT molecular complexity index is 1350. The van der Waals surface area contributed by atoms with Crippen LogP contribution in [0.1, 0.15) is 48.3 Å². The lowest BCUT2D eigenvalue weighted by molar-refractivity contribution is -0.265. The number of methoxy groups -OCH3 is 1. The second-order valence-electron chi connectivity index (χ2n) is 10.1. The summed E-state index contributed by atoms with van der Waals surface area (Å²) in [5.74, 6) is -0.734. The Balaban J connectivity index is 1.67. The van der Waals surface area contributed by atoms with Crippen molar-refractivity contribution in [2.75, 3.05) is 13.7 Å². The SMILES string of the molecule is COc1cc(C(=O)NC[C@@](O)(c2cc(C(C)(C)N)cc(-c3ccc(F)cc3)n2)C(F)(F)F)ccc1OC1CC1. The van der Waals surface area contributed by atoms with Crippen LogP contribution in [0.2, 0.25) is 0 Å². The number of halogens is 4. The molecule has 1 amide bonds. The predicted molar refractivity (Wildman–Crippen MR) is 136 cm³/mol. The van der Waals surface area contributed by atoms with Crippen LogP contribution < -0.4 is 20.5 Å². The summed E-state index contributed by atoms with van der Waals surface area (Å²) in [7, 11) is 1.38. The van der Waals surface area contributed by atoms with Crippen molar-refractivity contribution < 1.29 is 36.9 Å². The van der Waals surface area contributed by atoms with Gasteiger partial charge >= 0.3 is 6.18 Å². The smallest absolute Gasteiger partial charge is 0.424 e. The molecule has 7 nitrogen and oxygen atoms in total. The third-order valence-electron chi connectivity index (χ3n) is 6.35. The van der Waals surface area contributed by atoms with Gasteiger partial charge in [0.2, 0.25) is 5.60 Å². The molecule has 1 fully saturated rings. The lowest BCUT2D eigenvalue weighted by Gasteiger charge is -2.32. The molecule has 3 aromatic rings. The summed E-state index contributed by atoms with van der Waals surface area (Å²) in [6, 6.07) is 11.8. The normalized spacial score (nSPS) is 15.4. The van der Waals surface area contributed by atoms with Gasteiger partial charge in [0.15, 0.2) is 11.5 Å². The first-order chi connectivity index (χ1) is 18.2. The molecule has 1 saturated carbocycles. The van der Waals surface area contributed by atoms with Gasteiger partial charge in [-0.25, -0.2) is 9.37 Å². The summed E-state index contributed by atoms with van der Waals surface area (Å²) >= 11 is 0. The van der Waals surface area contributed by atoms with Crippen LogP contribution in [0.15, 0.2) is 54.6 Å². The highest BCUT2D eigenvalue weighted by Crippen LogP contribution is 2.40. The summed E-state index contributed by atoms with van der Waals surface area (Å²) < 4.78 is 67.6. The van der Waals surface area contributed by atoms with Crippen LogP contribution >= 0.6 is 0 Å². The molecule has 11 heteroatoms. The van der Waals surface area contributed by atoms with Crippen molar-refractivity contribution in [1.82, 2.24) is 10.3 Å². The molecule has 4 N–H and O–H groups in total. The second-order valence-corrected chi connectivity index (χ2v) is 10.1. The number of rotatable bonds is 9. The summed E-state index contributed by atoms with van der Waals surface area (Å²) in [6.45, 7) is 1.93. The van der Waals surface area contributed by atoms with Gasteiger partial charge in [-0.15, -0.1) is 0 Å². The molecule has 0 bridgehead atoms. The van der Waals surface area contributed by atoms with Crippen LogP contribution in [0.25, 0.3) is 11.3 Å². The highest BCUT2D eigenvalue weighted by Gasteiger charge is 2.56. The zero-order chi connectivity index (χ0) is 28.6. The average Bonchev–Trinajstić information content (AvgIpc) is 3.70. The van der Waals surface area contributed by atoms with E-state index in [-0.39, 0.29) is 28.7 Å². The fourth-order valence-electron chi connectivity index (χ4n) is 3.80. The van der Waals surface area contributed by atoms with Gasteiger partial charge in [-0.2, -0.15) is 13.2 Å². The summed E-state index contributed by atoms with van der Waals surface area (Å²) in [5.41, 5.74) is 1.35. The van der Waals surface area contributed by atoms with E-state index in [1.807, 2.05) is 0 Å². The molecular formula is C28H29F4N3O4. The molecular weight excluding hydrogens is 518 g/mol. The highest BCUT2D eigenvalue weighted by atomic mass is 19.4. The first-order valence-corrected chi connectivity index (χ1v) is 12.2. The highest BCUT2D eigenvalue weighted by molar-refractivity contribution is 5.95. The Hall–Kier alpha value is -3.70. The summed E-state index contributed by atoms with van der Waals surface area (Å²) in [4.78, 5) is 16.9. The minimum absolute atomic E-state index is 0.0105. The van der Waals surface area contributed by atoms with Crippen LogP contribution in [0.3, 0.4) is 0 Å². The Morgan fingerprint density at radius 1 is 1.08 bits per heavy atom. The topological polar surface area (TPSA) is 107 Å². The fraction of sp³-hybridized carbons (Fsp3) is 0.357. The number of hydrogen-bond acceptors (Lipinski definition) is 6. The number of alkyl halides is 3. The lowest BCUT2D eigenvalue weighted by atomic mass is 9.89. The summed E-state index contributed by atoms with van der Waals surface area (Å²) in [5, 5.41) is 13.2. The number of ether oxygens (including phenoxy) is 2. The molecule has 0 aliphatic heterocycles. The van der Waals surface area contributed by atoms with E-state index in [1.165, 1.54) is 43.5 Å². The van der Waals surface area contributed by atoms with Gasteiger partial charge in [0, 0.05) is 16.7 Å². The van der Waals surface area contributed by atoms with Crippen molar-refractivity contribution in [3.63, 3.8) is 0 Å². The lowest BCUT2D eigenvalue weighted by Crippen LogP contribution is -2.51. The maximum absolute atomic E-state index is 14.4. The van der Waals surface area contributed by atoms with Gasteiger partial charge < -0.3 is 25.6 Å². The first-order valence-electron chi connectivity index (χ1n) is 12.2. The van der Waals surface area contributed by atoms with E-state index >= 15 is 0 Å². The molecule has 0 radical (unpaired) electrons. The van der Waals surface area contributed by atoms with Gasteiger partial charge in [0.1, 0.15) is 5.82 Å². The van der Waals surface area contributed by atoms with E-state index in [0.29, 0.717) is 11.3 Å². The molecule has 0 spiro atoms. The van der Waals surface area contributed by atoms with Gasteiger partial charge in [0.25, 0.3) is 5.91 Å². The van der Waals surface area contributed by atoms with E-state index in [1.54, 1.807) is 13.8 Å². The van der Waals surface area contributed by atoms with E-state index < -0.39 is 41.3 Å². The molecule has 208 valence electrons. The van der Waals surface area contributed by atoms with Crippen molar-refractivity contribution in [3.8, 4) is 22.8 Å².